The number of carboxylic acids is 1. The lowest BCUT2D eigenvalue weighted by molar-refractivity contribution is -0.143. The highest BCUT2D eigenvalue weighted by molar-refractivity contribution is 7.09. The zero-order valence-electron chi connectivity index (χ0n) is 55.0. The lowest BCUT2D eigenvalue weighted by Crippen LogP contribution is -2.58. The minimum Gasteiger partial charge on any atom is -0.481 e. The van der Waals surface area contributed by atoms with Gasteiger partial charge in [-0.2, -0.15) is 0 Å². The Labute approximate surface area is 540 Å². The van der Waals surface area contributed by atoms with E-state index in [2.05, 4.69) is 51.9 Å². The first-order chi connectivity index (χ1) is 43.2. The van der Waals surface area contributed by atoms with E-state index in [1.807, 2.05) is 39.6 Å². The smallest absolute Gasteiger partial charge is 0.415 e. The van der Waals surface area contributed by atoms with Crippen molar-refractivity contribution in [2.75, 3.05) is 65.8 Å². The highest BCUT2D eigenvalue weighted by Crippen LogP contribution is 2.32. The lowest BCUT2D eigenvalue weighted by Gasteiger charge is -2.40. The van der Waals surface area contributed by atoms with Crippen molar-refractivity contribution in [1.29, 1.82) is 0 Å². The van der Waals surface area contributed by atoms with Crippen molar-refractivity contribution in [3.8, 4) is 5.75 Å². The highest BCUT2D eigenvalue weighted by Gasteiger charge is 2.39. The summed E-state index contributed by atoms with van der Waals surface area (Å²) in [5.74, 6) is -3.57. The van der Waals surface area contributed by atoms with Gasteiger partial charge in [-0.05, 0) is 119 Å². The molecule has 1 saturated heterocycles. The van der Waals surface area contributed by atoms with Crippen LogP contribution in [0.5, 0.6) is 5.75 Å². The molecule has 4 rings (SSSR count). The maximum atomic E-state index is 14.8. The number of aliphatic carboxylic acids is 1. The molecule has 504 valence electrons. The Morgan fingerprint density at radius 2 is 1.51 bits per heavy atom. The molecule has 9 amide bonds. The average molecular weight is 1290 g/mol. The molecule has 2 heterocycles. The van der Waals surface area contributed by atoms with Gasteiger partial charge in [0.2, 0.25) is 23.6 Å². The number of piperidine rings is 1. The summed E-state index contributed by atoms with van der Waals surface area (Å²) in [6.07, 6.45) is 4.18. The molecular weight excluding hydrogens is 1190 g/mol. The van der Waals surface area contributed by atoms with E-state index in [1.165, 1.54) is 35.2 Å². The molecule has 25 nitrogen and oxygen atoms in total. The van der Waals surface area contributed by atoms with E-state index in [0.717, 1.165) is 37.8 Å². The molecule has 9 atom stereocenters. The summed E-state index contributed by atoms with van der Waals surface area (Å²) in [7, 11) is 4.99. The first kappa shape index (κ1) is 75.8. The van der Waals surface area contributed by atoms with Gasteiger partial charge in [0.05, 0.1) is 12.0 Å². The number of benzene rings is 2. The normalized spacial score (nSPS) is 15.9. The maximum Gasteiger partial charge on any atom is 0.415 e. The SMILES string of the molecule is C=C(C)[C@@H](N)C(=O)N[C@H](CCCNC(N)=O)C(=O)Nc1ccc(COC(=O)N(C)CCN(C)C(=O)Oc2ccc(C[C@@H](C[C@H](C)C(=O)O)NC(=O)c3csc([C@@H](C[C@H](C(C)C)N(CCC)C(=O)[C@@H](NC(=O)[C@H]4CCCCN4C)[C@@H](C)CC)OCCC)n3)cc2)cc1. The number of nitrogens with zero attached hydrogens (tertiary/aromatic N) is 5. The molecule has 0 spiro atoms. The van der Waals surface area contributed by atoms with Crippen molar-refractivity contribution < 1.29 is 62.5 Å². The molecule has 1 aliphatic heterocycles. The number of hydrogen-bond acceptors (Lipinski definition) is 16. The molecule has 10 N–H and O–H groups in total. The Hall–Kier alpha value is -7.68. The fraction of sp³-hybridized carbons (Fsp3) is 0.600. The van der Waals surface area contributed by atoms with Gasteiger partial charge in [0.25, 0.3) is 5.91 Å². The van der Waals surface area contributed by atoms with Crippen LogP contribution in [0, 0.1) is 17.8 Å². The lowest BCUT2D eigenvalue weighted by atomic mass is 9.92. The number of amides is 9. The van der Waals surface area contributed by atoms with Crippen LogP contribution in [0.2, 0.25) is 0 Å². The van der Waals surface area contributed by atoms with E-state index in [4.69, 9.17) is 30.7 Å². The van der Waals surface area contributed by atoms with Crippen LogP contribution >= 0.6 is 11.3 Å². The Kier molecular flexibility index (Phi) is 31.8. The number of aromatic nitrogens is 1. The number of anilines is 1. The number of hydrogen-bond donors (Lipinski definition) is 8. The summed E-state index contributed by atoms with van der Waals surface area (Å²) in [6, 6.07) is 8.49. The number of likely N-dealkylation sites (N-methyl/N-ethyl adjacent to an activating group) is 3. The van der Waals surface area contributed by atoms with Gasteiger partial charge in [0.15, 0.2) is 0 Å². The van der Waals surface area contributed by atoms with E-state index >= 15 is 0 Å². The number of rotatable bonds is 37. The second kappa shape index (κ2) is 38.2. The quantitative estimate of drug-likeness (QED) is 0.0209. The van der Waals surface area contributed by atoms with Gasteiger partial charge in [0.1, 0.15) is 47.3 Å². The van der Waals surface area contributed by atoms with Crippen LogP contribution < -0.4 is 42.8 Å². The van der Waals surface area contributed by atoms with Crippen LogP contribution in [-0.4, -0.2) is 180 Å². The van der Waals surface area contributed by atoms with Crippen molar-refractivity contribution in [3.05, 3.63) is 87.9 Å². The minimum absolute atomic E-state index is 0.00236. The van der Waals surface area contributed by atoms with Crippen LogP contribution in [-0.2, 0) is 46.5 Å². The molecule has 0 bridgehead atoms. The third-order valence-corrected chi connectivity index (χ3v) is 17.1. The van der Waals surface area contributed by atoms with Crippen molar-refractivity contribution >= 4 is 70.7 Å². The topological polar surface area (TPSA) is 340 Å². The summed E-state index contributed by atoms with van der Waals surface area (Å²) in [6.45, 7) is 21.1. The van der Waals surface area contributed by atoms with Gasteiger partial charge >= 0.3 is 24.2 Å². The summed E-state index contributed by atoms with van der Waals surface area (Å²) in [5.41, 5.74) is 13.3. The molecule has 1 aromatic heterocycles. The summed E-state index contributed by atoms with van der Waals surface area (Å²) in [4.78, 5) is 129. The fourth-order valence-corrected chi connectivity index (χ4v) is 11.1. The summed E-state index contributed by atoms with van der Waals surface area (Å²) < 4.78 is 17.6. The number of nitrogens with one attached hydrogen (secondary N) is 5. The average Bonchev–Trinajstić information content (AvgIpc) is 1.97. The van der Waals surface area contributed by atoms with E-state index in [9.17, 15) is 48.3 Å². The van der Waals surface area contributed by atoms with Crippen LogP contribution in [0.15, 0.2) is 66.1 Å². The molecule has 3 aromatic rings. The van der Waals surface area contributed by atoms with Gasteiger partial charge < -0.3 is 72.1 Å². The Bertz CT molecular complexity index is 2870. The van der Waals surface area contributed by atoms with Crippen molar-refractivity contribution in [2.45, 2.75) is 175 Å². The molecule has 1 fully saturated rings. The molecule has 1 aliphatic rings. The monoisotopic (exact) mass is 1290 g/mol. The van der Waals surface area contributed by atoms with E-state index < -0.39 is 78.1 Å². The van der Waals surface area contributed by atoms with Crippen LogP contribution in [0.25, 0.3) is 0 Å². The van der Waals surface area contributed by atoms with Gasteiger partial charge in [-0.15, -0.1) is 11.3 Å². The number of nitrogens with two attached hydrogens (primary N) is 2. The third-order valence-electron chi connectivity index (χ3n) is 16.2. The van der Waals surface area contributed by atoms with Gasteiger partial charge in [-0.1, -0.05) is 97.7 Å². The molecular formula is C65H100N12O13S. The third kappa shape index (κ3) is 24.8. The molecule has 0 radical (unpaired) electrons. The van der Waals surface area contributed by atoms with Crippen LogP contribution in [0.3, 0.4) is 0 Å². The number of likely N-dealkylation sites (tertiary alicyclic amines) is 1. The van der Waals surface area contributed by atoms with Crippen molar-refractivity contribution in [3.63, 3.8) is 0 Å². The molecule has 0 unspecified atom stereocenters. The minimum atomic E-state index is -1.02. The van der Waals surface area contributed by atoms with E-state index in [-0.39, 0.29) is 92.7 Å². The first-order valence-electron chi connectivity index (χ1n) is 31.6. The number of ether oxygens (including phenoxy) is 3. The highest BCUT2D eigenvalue weighted by atomic mass is 32.1. The largest absolute Gasteiger partial charge is 0.481 e. The number of thiazole rings is 1. The number of carbonyl (C=O) groups excluding carboxylic acids is 8. The molecule has 2 aromatic carbocycles. The van der Waals surface area contributed by atoms with Crippen molar-refractivity contribution in [1.82, 2.24) is 45.9 Å². The Morgan fingerprint density at radius 3 is 2.10 bits per heavy atom. The van der Waals surface area contributed by atoms with Gasteiger partial charge in [-0.25, -0.2) is 19.4 Å². The molecule has 0 aliphatic carbocycles. The fourth-order valence-electron chi connectivity index (χ4n) is 10.3. The summed E-state index contributed by atoms with van der Waals surface area (Å²) >= 11 is 1.28. The van der Waals surface area contributed by atoms with Crippen LogP contribution in [0.1, 0.15) is 152 Å². The van der Waals surface area contributed by atoms with Gasteiger partial charge in [0, 0.05) is 76.5 Å². The second-order valence-corrected chi connectivity index (χ2v) is 25.0. The zero-order chi connectivity index (χ0) is 67.5. The second-order valence-electron chi connectivity index (χ2n) is 24.1. The van der Waals surface area contributed by atoms with Crippen LogP contribution in [0.4, 0.5) is 20.1 Å². The number of carboxylic acid groups (broad SMARTS) is 1. The van der Waals surface area contributed by atoms with E-state index in [0.29, 0.717) is 60.7 Å². The standard InChI is InChI=1S/C65H100N12O13S/c1-13-30-77(61(82)55(42(8)15-3)73-58(80)51-20-16-17-31-74(51)10)52(40(4)5)37-53(88-34-14-2)60-72-50(39-91-60)57(79)70-47(35-43(9)62(83)84)36-44-23-27-48(28-24-44)90-65(87)76(12)33-32-75(11)64(86)89-38-45-21-25-46(26-22-45)69-56(78)49(19-18-29-68-63(67)85)71-59(81)54(66)41(6)7/h21-28,39-40,42-43,47,49,51-55H,6,13-20,29-38,66H2,1-5,7-12H3,(H,69,78)(H,70,79)(H,71,81)(H,73,80)(H,83,84)(H3,67,68,85)/t42-,43-,47+,49+,51+,52+,53+,54+,55-/m0/s1. The predicted molar refractivity (Wildman–Crippen MR) is 349 cm³/mol. The molecule has 0 saturated carbocycles. The molecule has 91 heavy (non-hydrogen) atoms. The van der Waals surface area contributed by atoms with Crippen molar-refractivity contribution in [2.24, 2.45) is 29.2 Å². The first-order valence-corrected chi connectivity index (χ1v) is 32.5. The number of primary amides is 1. The van der Waals surface area contributed by atoms with Gasteiger partial charge in [-0.3, -0.25) is 33.7 Å². The molecule has 26 heteroatoms. The Morgan fingerprint density at radius 1 is 0.846 bits per heavy atom. The number of carbonyl (C=O) groups is 9. The van der Waals surface area contributed by atoms with E-state index in [1.54, 1.807) is 67.8 Å². The number of urea groups is 1. The zero-order valence-corrected chi connectivity index (χ0v) is 55.9. The predicted octanol–water partition coefficient (Wildman–Crippen LogP) is 7.21. The summed E-state index contributed by atoms with van der Waals surface area (Å²) in [5, 5.41) is 26.2. The Balaban J connectivity index is 1.34. The maximum absolute atomic E-state index is 14.8.